The molecule has 0 saturated heterocycles. The lowest BCUT2D eigenvalue weighted by Gasteiger charge is -2.28. The maximum absolute atomic E-state index is 10.2. The van der Waals surface area contributed by atoms with Crippen LogP contribution in [0.4, 0.5) is 0 Å². The molecule has 0 bridgehead atoms. The zero-order valence-corrected chi connectivity index (χ0v) is 12.0. The Morgan fingerprint density at radius 3 is 2.44 bits per heavy atom. The molecule has 1 unspecified atom stereocenters. The van der Waals surface area contributed by atoms with Crippen LogP contribution < -0.4 is 10.5 Å². The molecule has 0 saturated carbocycles. The predicted octanol–water partition coefficient (Wildman–Crippen LogP) is 2.80. The van der Waals surface area contributed by atoms with E-state index >= 15 is 0 Å². The van der Waals surface area contributed by atoms with Crippen molar-refractivity contribution in [3.8, 4) is 5.75 Å². The minimum Gasteiger partial charge on any atom is -0.490 e. The molecule has 0 radical (unpaired) electrons. The zero-order valence-electron chi connectivity index (χ0n) is 12.0. The fourth-order valence-corrected chi connectivity index (χ4v) is 1.55. The highest BCUT2D eigenvalue weighted by molar-refractivity contribution is 5.38. The fourth-order valence-electron chi connectivity index (χ4n) is 1.55. The summed E-state index contributed by atoms with van der Waals surface area (Å²) < 4.78 is 5.75. The lowest BCUT2D eigenvalue weighted by molar-refractivity contribution is -0.0269. The molecule has 0 spiro atoms. The molecule has 0 amide bonds. The number of benzene rings is 1. The van der Waals surface area contributed by atoms with Gasteiger partial charge in [-0.05, 0) is 32.8 Å². The van der Waals surface area contributed by atoms with Gasteiger partial charge in [0.25, 0.3) is 0 Å². The first-order chi connectivity index (χ1) is 8.24. The smallest absolute Gasteiger partial charge is 0.124 e. The minimum atomic E-state index is -0.833. The minimum absolute atomic E-state index is 0.0797. The van der Waals surface area contributed by atoms with Crippen LogP contribution in [0.2, 0.25) is 0 Å². The summed E-state index contributed by atoms with van der Waals surface area (Å²) in [5.41, 5.74) is 7.25. The third-order valence-corrected chi connectivity index (χ3v) is 3.42. The van der Waals surface area contributed by atoms with E-state index in [9.17, 15) is 5.11 Å². The van der Waals surface area contributed by atoms with E-state index in [4.69, 9.17) is 10.5 Å². The summed E-state index contributed by atoms with van der Waals surface area (Å²) in [7, 11) is 0. The lowest BCUT2D eigenvalue weighted by Crippen LogP contribution is -2.38. The van der Waals surface area contributed by atoms with Crippen molar-refractivity contribution in [2.45, 2.75) is 46.3 Å². The van der Waals surface area contributed by atoms with Crippen LogP contribution in [0.3, 0.4) is 0 Å². The third kappa shape index (κ3) is 3.72. The van der Waals surface area contributed by atoms with E-state index in [1.54, 1.807) is 6.92 Å². The van der Waals surface area contributed by atoms with Gasteiger partial charge in [-0.25, -0.2) is 0 Å². The normalized spacial score (nSPS) is 16.4. The Labute approximate surface area is 110 Å². The number of rotatable bonds is 5. The Balaban J connectivity index is 2.85. The van der Waals surface area contributed by atoms with Crippen molar-refractivity contribution in [2.75, 3.05) is 6.61 Å². The molecule has 2 atom stereocenters. The summed E-state index contributed by atoms with van der Waals surface area (Å²) in [6.07, 6.45) is 0. The van der Waals surface area contributed by atoms with Crippen LogP contribution in [0.5, 0.6) is 5.75 Å². The molecule has 18 heavy (non-hydrogen) atoms. The van der Waals surface area contributed by atoms with Gasteiger partial charge in [0.15, 0.2) is 0 Å². The van der Waals surface area contributed by atoms with Crippen LogP contribution in [0.1, 0.15) is 44.9 Å². The predicted molar refractivity (Wildman–Crippen MR) is 74.7 cm³/mol. The number of nitrogens with two attached hydrogens (primary N) is 1. The largest absolute Gasteiger partial charge is 0.490 e. The summed E-state index contributed by atoms with van der Waals surface area (Å²) >= 11 is 0. The average Bonchev–Trinajstić information content (AvgIpc) is 2.27. The Morgan fingerprint density at radius 1 is 1.33 bits per heavy atom. The number of hydrogen-bond donors (Lipinski definition) is 2. The molecule has 0 aliphatic heterocycles. The molecule has 0 fully saturated rings. The molecule has 102 valence electrons. The number of ether oxygens (including phenoxy) is 1. The first-order valence-electron chi connectivity index (χ1n) is 6.45. The molecule has 1 aromatic rings. The Bertz CT molecular complexity index is 397. The standard InChI is InChI=1S/C15H25NO2/c1-10(2)15(5,17)9-18-14-7-6-11(3)8-13(14)12(4)16/h6-8,10,12,17H,9,16H2,1-5H3/t12-,15?/m0/s1. The molecular formula is C15H25NO2. The molecule has 3 N–H and O–H groups in total. The van der Waals surface area contributed by atoms with Gasteiger partial charge in [0.05, 0.1) is 5.60 Å². The van der Waals surface area contributed by atoms with Gasteiger partial charge in [-0.3, -0.25) is 0 Å². The van der Waals surface area contributed by atoms with E-state index in [1.165, 1.54) is 0 Å². The van der Waals surface area contributed by atoms with Gasteiger partial charge in [0, 0.05) is 11.6 Å². The maximum Gasteiger partial charge on any atom is 0.124 e. The van der Waals surface area contributed by atoms with Crippen molar-refractivity contribution in [3.63, 3.8) is 0 Å². The fraction of sp³-hybridized carbons (Fsp3) is 0.600. The van der Waals surface area contributed by atoms with Crippen LogP contribution in [0.15, 0.2) is 18.2 Å². The summed E-state index contributed by atoms with van der Waals surface area (Å²) in [4.78, 5) is 0. The Morgan fingerprint density at radius 2 is 1.94 bits per heavy atom. The number of aryl methyl sites for hydroxylation is 1. The third-order valence-electron chi connectivity index (χ3n) is 3.42. The van der Waals surface area contributed by atoms with Crippen LogP contribution in [-0.4, -0.2) is 17.3 Å². The molecule has 0 aliphatic rings. The lowest BCUT2D eigenvalue weighted by atomic mass is 9.93. The van der Waals surface area contributed by atoms with Gasteiger partial charge < -0.3 is 15.6 Å². The van der Waals surface area contributed by atoms with Crippen molar-refractivity contribution >= 4 is 0 Å². The van der Waals surface area contributed by atoms with Crippen molar-refractivity contribution in [1.29, 1.82) is 0 Å². The highest BCUT2D eigenvalue weighted by Gasteiger charge is 2.26. The van der Waals surface area contributed by atoms with Crippen molar-refractivity contribution < 1.29 is 9.84 Å². The highest BCUT2D eigenvalue weighted by atomic mass is 16.5. The van der Waals surface area contributed by atoms with Gasteiger partial charge in [-0.2, -0.15) is 0 Å². The van der Waals surface area contributed by atoms with Crippen LogP contribution >= 0.6 is 0 Å². The summed E-state index contributed by atoms with van der Waals surface area (Å²) in [6.45, 7) is 9.98. The van der Waals surface area contributed by atoms with E-state index in [0.717, 1.165) is 16.9 Å². The molecule has 3 nitrogen and oxygen atoms in total. The van der Waals surface area contributed by atoms with Crippen LogP contribution in [0.25, 0.3) is 0 Å². The second-order valence-electron chi connectivity index (χ2n) is 5.63. The first-order valence-corrected chi connectivity index (χ1v) is 6.45. The van der Waals surface area contributed by atoms with E-state index in [-0.39, 0.29) is 18.6 Å². The summed E-state index contributed by atoms with van der Waals surface area (Å²) in [6, 6.07) is 5.86. The molecule has 0 heterocycles. The van der Waals surface area contributed by atoms with Gasteiger partial charge in [0.1, 0.15) is 12.4 Å². The average molecular weight is 251 g/mol. The topological polar surface area (TPSA) is 55.5 Å². The quantitative estimate of drug-likeness (QED) is 0.846. The van der Waals surface area contributed by atoms with E-state index < -0.39 is 5.60 Å². The molecule has 1 aromatic carbocycles. The Hall–Kier alpha value is -1.06. The second kappa shape index (κ2) is 5.72. The van der Waals surface area contributed by atoms with E-state index in [2.05, 4.69) is 0 Å². The molecular weight excluding hydrogens is 226 g/mol. The first kappa shape index (κ1) is 15.0. The molecule has 3 heteroatoms. The zero-order chi connectivity index (χ0) is 13.9. The number of aliphatic hydroxyl groups is 1. The maximum atomic E-state index is 10.2. The van der Waals surface area contributed by atoms with E-state index in [0.29, 0.717) is 0 Å². The van der Waals surface area contributed by atoms with Gasteiger partial charge in [-0.15, -0.1) is 0 Å². The Kier molecular flexibility index (Phi) is 4.77. The van der Waals surface area contributed by atoms with Crippen molar-refractivity contribution in [3.05, 3.63) is 29.3 Å². The van der Waals surface area contributed by atoms with Crippen molar-refractivity contribution in [1.82, 2.24) is 0 Å². The van der Waals surface area contributed by atoms with Gasteiger partial charge in [0.2, 0.25) is 0 Å². The molecule has 0 aromatic heterocycles. The summed E-state index contributed by atoms with van der Waals surface area (Å²) in [5, 5.41) is 10.2. The van der Waals surface area contributed by atoms with E-state index in [1.807, 2.05) is 45.9 Å². The van der Waals surface area contributed by atoms with Gasteiger partial charge in [-0.1, -0.05) is 31.5 Å². The van der Waals surface area contributed by atoms with Crippen LogP contribution in [0, 0.1) is 12.8 Å². The second-order valence-corrected chi connectivity index (χ2v) is 5.63. The number of hydrogen-bond acceptors (Lipinski definition) is 3. The van der Waals surface area contributed by atoms with Crippen LogP contribution in [-0.2, 0) is 0 Å². The monoisotopic (exact) mass is 251 g/mol. The summed E-state index contributed by atoms with van der Waals surface area (Å²) in [5.74, 6) is 0.901. The SMILES string of the molecule is Cc1ccc(OCC(C)(O)C(C)C)c([C@H](C)N)c1. The van der Waals surface area contributed by atoms with Crippen molar-refractivity contribution in [2.24, 2.45) is 11.7 Å². The highest BCUT2D eigenvalue weighted by Crippen LogP contribution is 2.27. The molecule has 0 aliphatic carbocycles. The molecule has 1 rings (SSSR count). The van der Waals surface area contributed by atoms with Gasteiger partial charge >= 0.3 is 0 Å².